The van der Waals surface area contributed by atoms with Crippen LogP contribution in [0.1, 0.15) is 11.1 Å². The molecule has 0 aliphatic carbocycles. The molecular formula is C17H17N3O3. The van der Waals surface area contributed by atoms with Gasteiger partial charge >= 0.3 is 11.8 Å². The van der Waals surface area contributed by atoms with Gasteiger partial charge in [0.1, 0.15) is 5.75 Å². The largest absolute Gasteiger partial charge is 0.497 e. The van der Waals surface area contributed by atoms with E-state index in [-0.39, 0.29) is 0 Å². The number of rotatable bonds is 4. The first-order valence-electron chi connectivity index (χ1n) is 6.94. The molecular weight excluding hydrogens is 294 g/mol. The Kier molecular flexibility index (Phi) is 5.46. The van der Waals surface area contributed by atoms with E-state index in [9.17, 15) is 9.59 Å². The number of hydrazone groups is 1. The van der Waals surface area contributed by atoms with Crippen molar-refractivity contribution in [2.45, 2.75) is 6.92 Å². The molecule has 2 aromatic carbocycles. The minimum absolute atomic E-state index is 0.465. The summed E-state index contributed by atoms with van der Waals surface area (Å²) in [6, 6.07) is 14.3. The summed E-state index contributed by atoms with van der Waals surface area (Å²) in [4.78, 5) is 23.5. The van der Waals surface area contributed by atoms with E-state index in [1.165, 1.54) is 13.3 Å². The van der Waals surface area contributed by atoms with Crippen molar-refractivity contribution in [1.82, 2.24) is 5.43 Å². The number of carbonyl (C=O) groups excluding carboxylic acids is 2. The molecule has 23 heavy (non-hydrogen) atoms. The van der Waals surface area contributed by atoms with Gasteiger partial charge in [-0.2, -0.15) is 5.10 Å². The van der Waals surface area contributed by atoms with Crippen LogP contribution in [0.2, 0.25) is 0 Å². The smallest absolute Gasteiger partial charge is 0.329 e. The monoisotopic (exact) mass is 311 g/mol. The Labute approximate surface area is 134 Å². The SMILES string of the molecule is COc1cccc(NC(=O)C(=O)N/N=C\c2ccccc2C)c1. The average molecular weight is 311 g/mol. The highest BCUT2D eigenvalue weighted by molar-refractivity contribution is 6.39. The maximum Gasteiger partial charge on any atom is 0.329 e. The molecule has 0 heterocycles. The van der Waals surface area contributed by atoms with Crippen LogP contribution >= 0.6 is 0 Å². The third-order valence-electron chi connectivity index (χ3n) is 3.09. The predicted octanol–water partition coefficient (Wildman–Crippen LogP) is 2.09. The zero-order valence-corrected chi connectivity index (χ0v) is 12.9. The Morgan fingerprint density at radius 3 is 2.61 bits per heavy atom. The molecule has 0 atom stereocenters. The summed E-state index contributed by atoms with van der Waals surface area (Å²) in [5.41, 5.74) is 4.54. The molecule has 0 aliphatic rings. The van der Waals surface area contributed by atoms with Gasteiger partial charge in [-0.3, -0.25) is 9.59 Å². The first kappa shape index (κ1) is 16.2. The van der Waals surface area contributed by atoms with Gasteiger partial charge < -0.3 is 10.1 Å². The molecule has 6 heteroatoms. The van der Waals surface area contributed by atoms with Crippen molar-refractivity contribution in [3.63, 3.8) is 0 Å². The van der Waals surface area contributed by atoms with Crippen molar-refractivity contribution in [2.24, 2.45) is 5.10 Å². The van der Waals surface area contributed by atoms with Crippen molar-refractivity contribution in [1.29, 1.82) is 0 Å². The molecule has 0 unspecified atom stereocenters. The van der Waals surface area contributed by atoms with Gasteiger partial charge in [0.05, 0.1) is 13.3 Å². The fraction of sp³-hybridized carbons (Fsp3) is 0.118. The van der Waals surface area contributed by atoms with Gasteiger partial charge in [-0.05, 0) is 30.2 Å². The summed E-state index contributed by atoms with van der Waals surface area (Å²) in [6.45, 7) is 1.93. The van der Waals surface area contributed by atoms with E-state index in [1.54, 1.807) is 24.3 Å². The Morgan fingerprint density at radius 2 is 1.87 bits per heavy atom. The Morgan fingerprint density at radius 1 is 1.09 bits per heavy atom. The van der Waals surface area contributed by atoms with Gasteiger partial charge in [-0.15, -0.1) is 0 Å². The minimum atomic E-state index is -0.849. The van der Waals surface area contributed by atoms with E-state index >= 15 is 0 Å². The normalized spacial score (nSPS) is 10.3. The maximum absolute atomic E-state index is 11.8. The molecule has 2 amide bonds. The second-order valence-electron chi connectivity index (χ2n) is 4.74. The highest BCUT2D eigenvalue weighted by Gasteiger charge is 2.13. The van der Waals surface area contributed by atoms with E-state index in [2.05, 4.69) is 15.8 Å². The van der Waals surface area contributed by atoms with Crippen LogP contribution in [0.3, 0.4) is 0 Å². The second kappa shape index (κ2) is 7.74. The van der Waals surface area contributed by atoms with Crippen LogP contribution in [0.5, 0.6) is 5.75 Å². The number of hydrogen-bond donors (Lipinski definition) is 2. The lowest BCUT2D eigenvalue weighted by Crippen LogP contribution is -2.32. The fourth-order valence-electron chi connectivity index (χ4n) is 1.83. The number of hydrogen-bond acceptors (Lipinski definition) is 4. The van der Waals surface area contributed by atoms with Gasteiger partial charge in [0, 0.05) is 11.8 Å². The number of ether oxygens (including phenoxy) is 1. The van der Waals surface area contributed by atoms with Crippen molar-refractivity contribution in [3.8, 4) is 5.75 Å². The number of carbonyl (C=O) groups is 2. The van der Waals surface area contributed by atoms with E-state index in [4.69, 9.17) is 4.74 Å². The Bertz CT molecular complexity index is 741. The fourth-order valence-corrected chi connectivity index (χ4v) is 1.83. The topological polar surface area (TPSA) is 79.8 Å². The molecule has 0 saturated heterocycles. The van der Waals surface area contributed by atoms with Crippen LogP contribution in [0.15, 0.2) is 53.6 Å². The molecule has 0 aliphatic heterocycles. The van der Waals surface area contributed by atoms with Crippen molar-refractivity contribution < 1.29 is 14.3 Å². The molecule has 2 rings (SSSR count). The van der Waals surface area contributed by atoms with Crippen LogP contribution in [0.25, 0.3) is 0 Å². The Balaban J connectivity index is 1.92. The molecule has 2 aromatic rings. The van der Waals surface area contributed by atoms with Gasteiger partial charge in [0.2, 0.25) is 0 Å². The molecule has 0 bridgehead atoms. The molecule has 118 valence electrons. The third-order valence-corrected chi connectivity index (χ3v) is 3.09. The summed E-state index contributed by atoms with van der Waals surface area (Å²) in [7, 11) is 1.52. The number of aryl methyl sites for hydroxylation is 1. The summed E-state index contributed by atoms with van der Waals surface area (Å²) in [6.07, 6.45) is 1.49. The zero-order valence-electron chi connectivity index (χ0n) is 12.9. The van der Waals surface area contributed by atoms with E-state index in [0.29, 0.717) is 11.4 Å². The van der Waals surface area contributed by atoms with Crippen LogP contribution in [0.4, 0.5) is 5.69 Å². The maximum atomic E-state index is 11.8. The number of amides is 2. The summed E-state index contributed by atoms with van der Waals surface area (Å²) in [5.74, 6) is -1.07. The number of nitrogens with one attached hydrogen (secondary N) is 2. The van der Waals surface area contributed by atoms with Crippen molar-refractivity contribution in [3.05, 3.63) is 59.7 Å². The van der Waals surface area contributed by atoms with Gasteiger partial charge in [0.25, 0.3) is 0 Å². The first-order valence-corrected chi connectivity index (χ1v) is 6.94. The standard InChI is InChI=1S/C17H17N3O3/c1-12-6-3-4-7-13(12)11-18-20-17(22)16(21)19-14-8-5-9-15(10-14)23-2/h3-11H,1-2H3,(H,19,21)(H,20,22)/b18-11-. The molecule has 2 N–H and O–H groups in total. The predicted molar refractivity (Wildman–Crippen MR) is 88.5 cm³/mol. The second-order valence-corrected chi connectivity index (χ2v) is 4.74. The summed E-state index contributed by atoms with van der Waals surface area (Å²) in [5, 5.41) is 6.26. The molecule has 6 nitrogen and oxygen atoms in total. The highest BCUT2D eigenvalue weighted by atomic mass is 16.5. The highest BCUT2D eigenvalue weighted by Crippen LogP contribution is 2.16. The Hall–Kier alpha value is -3.15. The number of benzene rings is 2. The third kappa shape index (κ3) is 4.67. The van der Waals surface area contributed by atoms with E-state index in [1.807, 2.05) is 31.2 Å². The number of anilines is 1. The quantitative estimate of drug-likeness (QED) is 0.515. The summed E-state index contributed by atoms with van der Waals surface area (Å²) < 4.78 is 5.05. The minimum Gasteiger partial charge on any atom is -0.497 e. The molecule has 0 spiro atoms. The average Bonchev–Trinajstić information content (AvgIpc) is 2.56. The molecule has 0 radical (unpaired) electrons. The van der Waals surface area contributed by atoms with Crippen molar-refractivity contribution in [2.75, 3.05) is 12.4 Å². The lowest BCUT2D eigenvalue weighted by Gasteiger charge is -2.05. The number of methoxy groups -OCH3 is 1. The zero-order chi connectivity index (χ0) is 16.7. The lowest BCUT2D eigenvalue weighted by molar-refractivity contribution is -0.136. The van der Waals surface area contributed by atoms with Gasteiger partial charge in [-0.25, -0.2) is 5.43 Å². The van der Waals surface area contributed by atoms with Crippen LogP contribution in [-0.2, 0) is 9.59 Å². The van der Waals surface area contributed by atoms with E-state index in [0.717, 1.165) is 11.1 Å². The lowest BCUT2D eigenvalue weighted by atomic mass is 10.1. The first-order chi connectivity index (χ1) is 11.1. The van der Waals surface area contributed by atoms with Gasteiger partial charge in [-0.1, -0.05) is 30.3 Å². The molecule has 0 saturated carbocycles. The van der Waals surface area contributed by atoms with Crippen LogP contribution in [0, 0.1) is 6.92 Å². The van der Waals surface area contributed by atoms with E-state index < -0.39 is 11.8 Å². The molecule has 0 fully saturated rings. The van der Waals surface area contributed by atoms with Crippen LogP contribution < -0.4 is 15.5 Å². The van der Waals surface area contributed by atoms with Crippen LogP contribution in [-0.4, -0.2) is 25.1 Å². The van der Waals surface area contributed by atoms with Gasteiger partial charge in [0.15, 0.2) is 0 Å². The number of nitrogens with zero attached hydrogens (tertiary/aromatic N) is 1. The van der Waals surface area contributed by atoms with Crippen molar-refractivity contribution >= 4 is 23.7 Å². The molecule has 0 aromatic heterocycles. The summed E-state index contributed by atoms with van der Waals surface area (Å²) >= 11 is 0.